The van der Waals surface area contributed by atoms with Crippen molar-refractivity contribution >= 4 is 23.1 Å². The first-order chi connectivity index (χ1) is 20.4. The molecule has 0 atom stereocenters. The molecule has 0 spiro atoms. The maximum absolute atomic E-state index is 15.7. The Morgan fingerprint density at radius 1 is 1.09 bits per heavy atom. The molecule has 1 fully saturated rings. The Balaban J connectivity index is 2.16. The third-order valence-corrected chi connectivity index (χ3v) is 7.36. The lowest BCUT2D eigenvalue weighted by Gasteiger charge is -2.36. The van der Waals surface area contributed by atoms with Gasteiger partial charge >= 0.3 is 12.1 Å². The Hall–Kier alpha value is -3.55. The van der Waals surface area contributed by atoms with Crippen LogP contribution in [0.2, 0.25) is 0 Å². The number of methoxy groups -OCH3 is 3. The summed E-state index contributed by atoms with van der Waals surface area (Å²) in [6.07, 6.45) is -1.18. The van der Waals surface area contributed by atoms with Crippen LogP contribution < -0.4 is 9.64 Å². The molecule has 1 heterocycles. The lowest BCUT2D eigenvalue weighted by Crippen LogP contribution is -2.49. The van der Waals surface area contributed by atoms with Gasteiger partial charge in [0.2, 0.25) is 11.8 Å². The van der Waals surface area contributed by atoms with Crippen LogP contribution in [0.4, 0.5) is 23.2 Å². The Kier molecular flexibility index (Phi) is 11.7. The van der Waals surface area contributed by atoms with Crippen LogP contribution in [-0.2, 0) is 25.2 Å². The van der Waals surface area contributed by atoms with Crippen molar-refractivity contribution in [1.29, 1.82) is 0 Å². The number of carbonyl (C=O) groups is 2. The molecule has 236 valence electrons. The van der Waals surface area contributed by atoms with E-state index in [4.69, 9.17) is 18.9 Å². The minimum atomic E-state index is -4.97. The van der Waals surface area contributed by atoms with Gasteiger partial charge in [-0.05, 0) is 48.8 Å². The monoisotopic (exact) mass is 612 g/mol. The molecule has 1 aromatic heterocycles. The average molecular weight is 613 g/mol. The number of aliphatic hydroxyl groups is 1. The van der Waals surface area contributed by atoms with Gasteiger partial charge in [0.15, 0.2) is 11.6 Å². The lowest BCUT2D eigenvalue weighted by molar-refractivity contribution is -0.139. The van der Waals surface area contributed by atoms with E-state index in [9.17, 15) is 27.9 Å². The number of benzene rings is 1. The number of halogens is 4. The second-order valence-corrected chi connectivity index (χ2v) is 10.5. The number of aliphatic hydroxyl groups excluding tert-OH is 1. The number of nitrogens with zero attached hydrogens (tertiary/aromatic N) is 2. The van der Waals surface area contributed by atoms with Crippen molar-refractivity contribution in [3.05, 3.63) is 53.5 Å². The number of hydrogen-bond acceptors (Lipinski definition) is 8. The molecule has 1 amide bonds. The molecule has 3 rings (SSSR count). The summed E-state index contributed by atoms with van der Waals surface area (Å²) in [5.74, 6) is -4.24. The van der Waals surface area contributed by atoms with Gasteiger partial charge in [0.05, 0.1) is 44.2 Å². The smallest absolute Gasteiger partial charge is 0.421 e. The Labute approximate surface area is 247 Å². The average Bonchev–Trinajstić information content (AvgIpc) is 2.97. The zero-order valence-corrected chi connectivity index (χ0v) is 24.5. The molecular weight excluding hydrogens is 576 g/mol. The molecule has 0 aliphatic heterocycles. The normalized spacial score (nSPS) is 17.1. The number of pyridine rings is 1. The number of ether oxygens (including phenoxy) is 4. The largest absolute Gasteiger partial charge is 0.465 e. The number of esters is 1. The number of carbonyl (C=O) groups excluding carboxylic acids is 2. The van der Waals surface area contributed by atoms with Crippen molar-refractivity contribution in [2.45, 2.75) is 44.8 Å². The summed E-state index contributed by atoms with van der Waals surface area (Å²) in [5.41, 5.74) is -1.97. The predicted octanol–water partition coefficient (Wildman–Crippen LogP) is 5.64. The molecule has 1 aliphatic carbocycles. The Bertz CT molecular complexity index is 1300. The fraction of sp³-hybridized carbons (Fsp3) is 0.500. The van der Waals surface area contributed by atoms with Gasteiger partial charge in [-0.2, -0.15) is 13.2 Å². The van der Waals surface area contributed by atoms with Crippen LogP contribution in [0.1, 0.15) is 54.1 Å². The summed E-state index contributed by atoms with van der Waals surface area (Å²) in [7, 11) is 3.90. The highest BCUT2D eigenvalue weighted by molar-refractivity contribution is 6.04. The molecule has 0 radical (unpaired) electrons. The third kappa shape index (κ3) is 8.09. The van der Waals surface area contributed by atoms with Gasteiger partial charge < -0.3 is 29.0 Å². The fourth-order valence-electron chi connectivity index (χ4n) is 5.00. The summed E-state index contributed by atoms with van der Waals surface area (Å²) >= 11 is 0. The second kappa shape index (κ2) is 14.8. The Morgan fingerprint density at radius 2 is 1.72 bits per heavy atom. The van der Waals surface area contributed by atoms with E-state index < -0.39 is 53.7 Å². The van der Waals surface area contributed by atoms with E-state index in [1.807, 2.05) is 0 Å². The van der Waals surface area contributed by atoms with E-state index in [-0.39, 0.29) is 41.5 Å². The van der Waals surface area contributed by atoms with Crippen molar-refractivity contribution in [2.24, 2.45) is 11.8 Å². The molecule has 43 heavy (non-hydrogen) atoms. The van der Waals surface area contributed by atoms with Gasteiger partial charge in [-0.25, -0.2) is 14.2 Å². The van der Waals surface area contributed by atoms with Gasteiger partial charge in [-0.15, -0.1) is 0 Å². The number of hydrogen-bond donors (Lipinski definition) is 1. The number of amides is 1. The molecule has 0 saturated heterocycles. The van der Waals surface area contributed by atoms with Gasteiger partial charge in [0.25, 0.3) is 0 Å². The summed E-state index contributed by atoms with van der Waals surface area (Å²) in [6.45, 7) is 4.93. The first-order valence-corrected chi connectivity index (χ1v) is 13.6. The highest BCUT2D eigenvalue weighted by Gasteiger charge is 2.38. The molecule has 1 saturated carbocycles. The Morgan fingerprint density at radius 3 is 2.26 bits per heavy atom. The standard InChI is InChI=1S/C30H36F4N2O7/c1-17-6-8-19(9-7-17)28(38)36(21(15-40-3)16-41-4)25-12-24(31)26(11-22(25)29(39)42-5)43-27-23(30(32,33)34)10-20(13-35-27)18(2)14-37/h10-13,17,19,21,37H,2,6-9,14-16H2,1,3-5H3/t17-,19-. The molecule has 1 aromatic carbocycles. The topological polar surface area (TPSA) is 107 Å². The van der Waals surface area contributed by atoms with E-state index in [0.29, 0.717) is 24.8 Å². The van der Waals surface area contributed by atoms with Crippen LogP contribution in [0.3, 0.4) is 0 Å². The second-order valence-electron chi connectivity index (χ2n) is 10.5. The van der Waals surface area contributed by atoms with E-state index in [1.54, 1.807) is 0 Å². The summed E-state index contributed by atoms with van der Waals surface area (Å²) < 4.78 is 78.2. The van der Waals surface area contributed by atoms with Crippen LogP contribution in [0.5, 0.6) is 11.6 Å². The number of aromatic nitrogens is 1. The van der Waals surface area contributed by atoms with Crippen molar-refractivity contribution in [3.8, 4) is 11.6 Å². The third-order valence-electron chi connectivity index (χ3n) is 7.36. The number of rotatable bonds is 12. The van der Waals surface area contributed by atoms with Crippen LogP contribution in [0.15, 0.2) is 31.0 Å². The molecule has 13 heteroatoms. The van der Waals surface area contributed by atoms with Gasteiger partial charge in [-0.1, -0.05) is 13.5 Å². The first-order valence-electron chi connectivity index (χ1n) is 13.6. The first kappa shape index (κ1) is 33.9. The molecule has 0 bridgehead atoms. The van der Waals surface area contributed by atoms with Crippen molar-refractivity contribution < 1.29 is 51.2 Å². The molecular formula is C30H36F4N2O7. The quantitative estimate of drug-likeness (QED) is 0.242. The highest BCUT2D eigenvalue weighted by atomic mass is 19.4. The van der Waals surface area contributed by atoms with Gasteiger partial charge in [0, 0.05) is 38.5 Å². The van der Waals surface area contributed by atoms with Gasteiger partial charge in [-0.3, -0.25) is 4.79 Å². The molecule has 2 aromatic rings. The van der Waals surface area contributed by atoms with Crippen LogP contribution in [0, 0.1) is 17.7 Å². The molecule has 9 nitrogen and oxygen atoms in total. The zero-order chi connectivity index (χ0) is 31.9. The molecule has 1 aliphatic rings. The summed E-state index contributed by atoms with van der Waals surface area (Å²) in [4.78, 5) is 31.9. The molecule has 0 unspecified atom stereocenters. The van der Waals surface area contributed by atoms with Crippen LogP contribution in [-0.4, -0.2) is 69.2 Å². The summed E-state index contributed by atoms with van der Waals surface area (Å²) in [5, 5.41) is 9.26. The maximum atomic E-state index is 15.7. The minimum Gasteiger partial charge on any atom is -0.465 e. The van der Waals surface area contributed by atoms with Crippen molar-refractivity contribution in [2.75, 3.05) is 46.0 Å². The number of alkyl halides is 3. The lowest BCUT2D eigenvalue weighted by atomic mass is 9.82. The summed E-state index contributed by atoms with van der Waals surface area (Å²) in [6, 6.07) is 1.61. The maximum Gasteiger partial charge on any atom is 0.421 e. The van der Waals surface area contributed by atoms with Crippen LogP contribution in [0.25, 0.3) is 5.57 Å². The van der Waals surface area contributed by atoms with Crippen molar-refractivity contribution in [3.63, 3.8) is 0 Å². The van der Waals surface area contributed by atoms with Gasteiger partial charge in [0.1, 0.15) is 5.56 Å². The van der Waals surface area contributed by atoms with Crippen molar-refractivity contribution in [1.82, 2.24) is 4.98 Å². The fourth-order valence-corrected chi connectivity index (χ4v) is 5.00. The zero-order valence-electron chi connectivity index (χ0n) is 24.5. The van der Waals surface area contributed by atoms with E-state index in [1.165, 1.54) is 19.1 Å². The van der Waals surface area contributed by atoms with E-state index in [2.05, 4.69) is 18.5 Å². The minimum absolute atomic E-state index is 0.0203. The highest BCUT2D eigenvalue weighted by Crippen LogP contribution is 2.41. The predicted molar refractivity (Wildman–Crippen MR) is 149 cm³/mol. The van der Waals surface area contributed by atoms with E-state index >= 15 is 4.39 Å². The van der Waals surface area contributed by atoms with Crippen LogP contribution >= 0.6 is 0 Å². The van der Waals surface area contributed by atoms with E-state index in [0.717, 1.165) is 38.3 Å². The molecule has 1 N–H and O–H groups in total. The SMILES string of the molecule is C=C(CO)c1cnc(Oc2cc(C(=O)OC)c(N(C(=O)[C@H]3CC[C@H](C)CC3)C(COC)COC)cc2F)c(C(F)(F)F)c1. The number of anilines is 1.